The molecule has 0 aromatic rings. The molecular weight excluding hydrogens is 212 g/mol. The standard InChI is InChI=1S/C10H10N2S2/c1-3-7-13-9(5-1)11-12-10-6-2-4-8-14-10/h1-10H. The van der Waals surface area contributed by atoms with Crippen molar-refractivity contribution in [2.75, 3.05) is 0 Å². The number of azo groups is 1. The fraction of sp³-hybridized carbons (Fsp3) is 0.200. The van der Waals surface area contributed by atoms with Crippen molar-refractivity contribution >= 4 is 23.5 Å². The Kier molecular flexibility index (Phi) is 3.65. The van der Waals surface area contributed by atoms with E-state index >= 15 is 0 Å². The lowest BCUT2D eigenvalue weighted by molar-refractivity contribution is 0.912. The minimum absolute atomic E-state index is 0.153. The number of hydrogen-bond acceptors (Lipinski definition) is 4. The van der Waals surface area contributed by atoms with Crippen LogP contribution < -0.4 is 0 Å². The molecule has 2 heterocycles. The van der Waals surface area contributed by atoms with Crippen LogP contribution in [0.15, 0.2) is 57.5 Å². The van der Waals surface area contributed by atoms with E-state index in [0.717, 1.165) is 0 Å². The van der Waals surface area contributed by atoms with Crippen LogP contribution in [-0.4, -0.2) is 10.7 Å². The average molecular weight is 222 g/mol. The smallest absolute Gasteiger partial charge is 0.138 e. The van der Waals surface area contributed by atoms with Gasteiger partial charge in [-0.2, -0.15) is 10.2 Å². The topological polar surface area (TPSA) is 24.7 Å². The summed E-state index contributed by atoms with van der Waals surface area (Å²) in [5.41, 5.74) is 0. The van der Waals surface area contributed by atoms with Gasteiger partial charge in [-0.3, -0.25) is 0 Å². The molecule has 2 unspecified atom stereocenters. The molecule has 2 aliphatic rings. The summed E-state index contributed by atoms with van der Waals surface area (Å²) >= 11 is 3.35. The lowest BCUT2D eigenvalue weighted by Crippen LogP contribution is -1.97. The van der Waals surface area contributed by atoms with Crippen LogP contribution in [0.5, 0.6) is 0 Å². The number of hydrogen-bond donors (Lipinski definition) is 0. The first-order chi connectivity index (χ1) is 6.95. The molecule has 0 N–H and O–H groups in total. The molecule has 0 radical (unpaired) electrons. The lowest BCUT2D eigenvalue weighted by Gasteiger charge is -2.08. The van der Waals surface area contributed by atoms with E-state index in [4.69, 9.17) is 0 Å². The van der Waals surface area contributed by atoms with E-state index in [1.54, 1.807) is 23.5 Å². The summed E-state index contributed by atoms with van der Waals surface area (Å²) in [6.45, 7) is 0. The first-order valence-electron chi connectivity index (χ1n) is 4.33. The predicted octanol–water partition coefficient (Wildman–Crippen LogP) is 3.72. The van der Waals surface area contributed by atoms with E-state index in [2.05, 4.69) is 10.2 Å². The van der Waals surface area contributed by atoms with Crippen molar-refractivity contribution in [3.8, 4) is 0 Å². The third-order valence-corrected chi connectivity index (χ3v) is 3.35. The summed E-state index contributed by atoms with van der Waals surface area (Å²) in [4.78, 5) is 0. The van der Waals surface area contributed by atoms with E-state index in [1.165, 1.54) is 0 Å². The minimum atomic E-state index is 0.153. The van der Waals surface area contributed by atoms with Gasteiger partial charge in [-0.05, 0) is 23.0 Å². The second-order valence-corrected chi connectivity index (χ2v) is 4.77. The Labute approximate surface area is 91.9 Å². The van der Waals surface area contributed by atoms with E-state index in [-0.39, 0.29) is 10.7 Å². The number of allylic oxidation sites excluding steroid dienone is 4. The molecule has 14 heavy (non-hydrogen) atoms. The van der Waals surface area contributed by atoms with E-state index in [0.29, 0.717) is 0 Å². The molecule has 0 saturated heterocycles. The van der Waals surface area contributed by atoms with Gasteiger partial charge in [-0.25, -0.2) is 0 Å². The highest BCUT2D eigenvalue weighted by Crippen LogP contribution is 2.23. The van der Waals surface area contributed by atoms with Gasteiger partial charge >= 0.3 is 0 Å². The molecular formula is C10H10N2S2. The lowest BCUT2D eigenvalue weighted by atomic mass is 10.5. The molecule has 0 saturated carbocycles. The van der Waals surface area contributed by atoms with E-state index in [1.807, 2.05) is 47.3 Å². The third-order valence-electron chi connectivity index (χ3n) is 1.66. The fourth-order valence-electron chi connectivity index (χ4n) is 1.01. The number of thioether (sulfide) groups is 2. The predicted molar refractivity (Wildman–Crippen MR) is 64.2 cm³/mol. The van der Waals surface area contributed by atoms with Crippen LogP contribution in [0, 0.1) is 0 Å². The molecule has 0 fully saturated rings. The second kappa shape index (κ2) is 5.22. The first kappa shape index (κ1) is 9.80. The van der Waals surface area contributed by atoms with Crippen molar-refractivity contribution in [2.24, 2.45) is 10.2 Å². The monoisotopic (exact) mass is 222 g/mol. The van der Waals surface area contributed by atoms with Crippen LogP contribution >= 0.6 is 23.5 Å². The maximum absolute atomic E-state index is 4.25. The van der Waals surface area contributed by atoms with Gasteiger partial charge < -0.3 is 0 Å². The van der Waals surface area contributed by atoms with Gasteiger partial charge in [0.1, 0.15) is 10.7 Å². The summed E-state index contributed by atoms with van der Waals surface area (Å²) in [6.07, 6.45) is 12.1. The highest BCUT2D eigenvalue weighted by Gasteiger charge is 2.06. The fourth-order valence-corrected chi connectivity index (χ4v) is 2.28. The highest BCUT2D eigenvalue weighted by molar-refractivity contribution is 8.03. The molecule has 2 rings (SSSR count). The zero-order valence-electron chi connectivity index (χ0n) is 7.48. The molecule has 0 spiro atoms. The first-order valence-corrected chi connectivity index (χ1v) is 6.21. The van der Waals surface area contributed by atoms with Crippen LogP contribution in [0.3, 0.4) is 0 Å². The van der Waals surface area contributed by atoms with Gasteiger partial charge in [-0.15, -0.1) is 23.5 Å². The van der Waals surface area contributed by atoms with Crippen molar-refractivity contribution in [2.45, 2.75) is 10.7 Å². The Morgan fingerprint density at radius 2 is 1.21 bits per heavy atom. The highest BCUT2D eigenvalue weighted by atomic mass is 32.2. The van der Waals surface area contributed by atoms with Gasteiger partial charge in [0.05, 0.1) is 0 Å². The SMILES string of the molecule is C1=CSC(N=NC2C=CC=CS2)C=C1. The Bertz CT molecular complexity index is 297. The Morgan fingerprint density at radius 3 is 1.57 bits per heavy atom. The molecule has 0 aromatic heterocycles. The zero-order valence-corrected chi connectivity index (χ0v) is 9.12. The van der Waals surface area contributed by atoms with Crippen molar-refractivity contribution in [1.29, 1.82) is 0 Å². The van der Waals surface area contributed by atoms with Crippen LogP contribution in [0.4, 0.5) is 0 Å². The van der Waals surface area contributed by atoms with Crippen molar-refractivity contribution in [3.63, 3.8) is 0 Å². The van der Waals surface area contributed by atoms with Gasteiger partial charge in [0.15, 0.2) is 0 Å². The quantitative estimate of drug-likeness (QED) is 0.665. The summed E-state index contributed by atoms with van der Waals surface area (Å²) in [7, 11) is 0. The van der Waals surface area contributed by atoms with Gasteiger partial charge in [0.25, 0.3) is 0 Å². The molecule has 2 aliphatic heterocycles. The summed E-state index contributed by atoms with van der Waals surface area (Å²) in [5, 5.41) is 12.9. The molecule has 4 heteroatoms. The molecule has 0 amide bonds. The Morgan fingerprint density at radius 1 is 0.714 bits per heavy atom. The molecule has 0 aliphatic carbocycles. The maximum atomic E-state index is 4.25. The van der Waals surface area contributed by atoms with Crippen LogP contribution in [0.2, 0.25) is 0 Å². The van der Waals surface area contributed by atoms with Crippen LogP contribution in [0.25, 0.3) is 0 Å². The van der Waals surface area contributed by atoms with Gasteiger partial charge in [0, 0.05) is 0 Å². The maximum Gasteiger partial charge on any atom is 0.138 e. The van der Waals surface area contributed by atoms with Crippen LogP contribution in [-0.2, 0) is 0 Å². The second-order valence-electron chi connectivity index (χ2n) is 2.71. The normalized spacial score (nSPS) is 30.3. The molecule has 72 valence electrons. The van der Waals surface area contributed by atoms with Crippen LogP contribution in [0.1, 0.15) is 0 Å². The Balaban J connectivity index is 1.87. The molecule has 0 bridgehead atoms. The summed E-state index contributed by atoms with van der Waals surface area (Å²) < 4.78 is 0. The zero-order chi connectivity index (χ0) is 9.64. The Hall–Kier alpha value is -0.740. The number of nitrogens with zero attached hydrogens (tertiary/aromatic N) is 2. The van der Waals surface area contributed by atoms with Crippen molar-refractivity contribution in [3.05, 3.63) is 47.3 Å². The van der Waals surface area contributed by atoms with E-state index < -0.39 is 0 Å². The van der Waals surface area contributed by atoms with Crippen molar-refractivity contribution in [1.82, 2.24) is 0 Å². The third kappa shape index (κ3) is 2.89. The summed E-state index contributed by atoms with van der Waals surface area (Å²) in [5.74, 6) is 0. The molecule has 0 aromatic carbocycles. The van der Waals surface area contributed by atoms with E-state index in [9.17, 15) is 0 Å². The molecule has 2 atom stereocenters. The summed E-state index contributed by atoms with van der Waals surface area (Å²) in [6, 6.07) is 0. The average Bonchev–Trinajstić information content (AvgIpc) is 2.29. The van der Waals surface area contributed by atoms with Crippen molar-refractivity contribution < 1.29 is 0 Å². The van der Waals surface area contributed by atoms with Gasteiger partial charge in [0.2, 0.25) is 0 Å². The van der Waals surface area contributed by atoms with Gasteiger partial charge in [-0.1, -0.05) is 24.3 Å². The molecule has 2 nitrogen and oxygen atoms in total. The number of rotatable bonds is 2. The minimum Gasteiger partial charge on any atom is -0.174 e. The largest absolute Gasteiger partial charge is 0.174 e.